The Morgan fingerprint density at radius 3 is 1.44 bits per heavy atom. The highest BCUT2D eigenvalue weighted by Gasteiger charge is 2.27. The smallest absolute Gasteiger partial charge is 0.232 e. The van der Waals surface area contributed by atoms with E-state index in [2.05, 4.69) is 153 Å². The first-order valence-corrected chi connectivity index (χ1v) is 33.3. The molecule has 0 spiro atoms. The van der Waals surface area contributed by atoms with E-state index in [0.29, 0.717) is 84.3 Å². The molecule has 8 rings (SSSR count). The van der Waals surface area contributed by atoms with Crippen molar-refractivity contribution in [2.24, 2.45) is 0 Å². The van der Waals surface area contributed by atoms with Crippen LogP contribution in [0, 0.1) is 38.0 Å². The van der Waals surface area contributed by atoms with E-state index in [1.165, 1.54) is 62.9 Å². The minimum atomic E-state index is -3.56. The molecule has 4 heterocycles. The van der Waals surface area contributed by atoms with Crippen LogP contribution < -0.4 is 59.0 Å². The quantitative estimate of drug-likeness (QED) is 0.0271. The fourth-order valence-corrected chi connectivity index (χ4v) is 11.4. The Hall–Kier alpha value is -7.17. The van der Waals surface area contributed by atoms with E-state index < -0.39 is 20.0 Å². The van der Waals surface area contributed by atoms with E-state index in [0.717, 1.165) is 78.5 Å². The second-order valence-corrected chi connectivity index (χ2v) is 26.9. The second kappa shape index (κ2) is 32.9. The molecule has 2 saturated heterocycles. The van der Waals surface area contributed by atoms with Crippen molar-refractivity contribution in [2.45, 2.75) is 58.5 Å². The highest BCUT2D eigenvalue weighted by Crippen LogP contribution is 2.42. The number of hydrogen-bond donors (Lipinski definition) is 4. The summed E-state index contributed by atoms with van der Waals surface area (Å²) in [5.41, 5.74) is 13.9. The highest BCUT2D eigenvalue weighted by atomic mass is 79.9. The Morgan fingerprint density at radius 2 is 1.05 bits per heavy atom. The van der Waals surface area contributed by atoms with E-state index in [9.17, 15) is 16.8 Å². The van der Waals surface area contributed by atoms with Gasteiger partial charge in [-0.05, 0) is 166 Å². The molecule has 0 atom stereocenters. The molecule has 0 saturated carbocycles. The molecule has 2 aliphatic heterocycles. The van der Waals surface area contributed by atoms with Gasteiger partial charge in [0.25, 0.3) is 0 Å². The average Bonchev–Trinajstić information content (AvgIpc) is 1.12. The first-order valence-electron chi connectivity index (χ1n) is 27.6. The van der Waals surface area contributed by atoms with Crippen LogP contribution in [-0.4, -0.2) is 168 Å². The lowest BCUT2D eigenvalue weighted by Crippen LogP contribution is -2.42. The van der Waals surface area contributed by atoms with Crippen molar-refractivity contribution in [1.29, 1.82) is 0 Å². The van der Waals surface area contributed by atoms with Crippen LogP contribution >= 0.6 is 43.5 Å². The fourth-order valence-electron chi connectivity index (χ4n) is 9.69. The summed E-state index contributed by atoms with van der Waals surface area (Å²) < 4.78 is 73.8. The van der Waals surface area contributed by atoms with Gasteiger partial charge in [-0.25, -0.2) is 32.7 Å². The molecule has 4 aromatic carbocycles. The molecular formula is C61H80Br2ClN14O8S2-. The number of piperidine rings is 2. The third-order valence-electron chi connectivity index (χ3n) is 14.6. The Morgan fingerprint density at radius 1 is 0.625 bits per heavy atom. The van der Waals surface area contributed by atoms with Crippen molar-refractivity contribution in [3.05, 3.63) is 105 Å². The first kappa shape index (κ1) is 71.6. The number of aryl methyl sites for hydroxylation is 2. The Balaban J connectivity index is 0.000000252. The molecule has 2 fully saturated rings. The number of benzene rings is 4. The number of methoxy groups -OCH3 is 4. The number of anilines is 11. The number of nitrogens with one attached hydrogen (secondary N) is 3. The number of nitrogens with two attached hydrogens (primary N) is 1. The van der Waals surface area contributed by atoms with Gasteiger partial charge in [-0.2, -0.15) is 9.97 Å². The third kappa shape index (κ3) is 19.4. The summed E-state index contributed by atoms with van der Waals surface area (Å²) in [5.74, 6) is 10.1. The molecule has 22 nitrogen and oxygen atoms in total. The van der Waals surface area contributed by atoms with Crippen molar-refractivity contribution < 1.29 is 35.8 Å². The molecule has 0 unspecified atom stereocenters. The van der Waals surface area contributed by atoms with E-state index in [1.807, 2.05) is 18.1 Å². The topological polar surface area (TPSA) is 238 Å². The normalized spacial score (nSPS) is 13.4. The number of para-hydroxylation sites is 2. The van der Waals surface area contributed by atoms with Gasteiger partial charge < -0.3 is 66.7 Å². The predicted octanol–water partition coefficient (Wildman–Crippen LogP) is 10.7. The van der Waals surface area contributed by atoms with E-state index in [4.69, 9.17) is 42.7 Å². The predicted molar refractivity (Wildman–Crippen MR) is 365 cm³/mol. The molecule has 0 amide bonds. The number of rotatable bonds is 18. The Kier molecular flexibility index (Phi) is 26.7. The number of aromatic nitrogens is 4. The van der Waals surface area contributed by atoms with Crippen LogP contribution in [0.15, 0.2) is 82.0 Å². The summed E-state index contributed by atoms with van der Waals surface area (Å²) in [6.07, 6.45) is 16.2. The van der Waals surface area contributed by atoms with Crippen molar-refractivity contribution in [3.63, 3.8) is 0 Å². The van der Waals surface area contributed by atoms with Crippen molar-refractivity contribution in [3.8, 4) is 40.8 Å². The molecule has 6 aromatic rings. The Bertz CT molecular complexity index is 3690. The van der Waals surface area contributed by atoms with Gasteiger partial charge in [0.05, 0.1) is 72.6 Å². The SMILES string of the molecule is COc1cc(N2CCC(N(C)C)CC2)c(C)cc1N.COc1cc(N2CCC(N(C)C)CC2)c(C)cc1Nc1ncc(Br)c(Nc2cccc(OC)c2N(C)S(C)(=O)=O)n1.COc1cccc(Nc2nc(Cl)ncc2Br)c1N(C)S(C)(=O)=O.[C-]#CC#CC. The highest BCUT2D eigenvalue weighted by molar-refractivity contribution is 9.11. The van der Waals surface area contributed by atoms with Crippen LogP contribution in [-0.2, 0) is 20.0 Å². The van der Waals surface area contributed by atoms with Crippen molar-refractivity contribution >= 4 is 127 Å². The zero-order valence-corrected chi connectivity index (χ0v) is 58.1. The number of halogens is 3. The lowest BCUT2D eigenvalue weighted by molar-refractivity contribution is 0.249. The molecule has 2 aromatic heterocycles. The fraction of sp³-hybridized carbons (Fsp3) is 0.410. The van der Waals surface area contributed by atoms with Crippen LogP contribution in [0.4, 0.5) is 63.1 Å². The van der Waals surface area contributed by atoms with Gasteiger partial charge >= 0.3 is 0 Å². The largest absolute Gasteiger partial charge is 0.495 e. The number of sulfonamides is 2. The van der Waals surface area contributed by atoms with Crippen LogP contribution in [0.2, 0.25) is 5.28 Å². The molecule has 5 N–H and O–H groups in total. The average molecular weight is 1400 g/mol. The van der Waals surface area contributed by atoms with E-state index >= 15 is 0 Å². The van der Waals surface area contributed by atoms with Crippen LogP contribution in [0.3, 0.4) is 0 Å². The third-order valence-corrected chi connectivity index (χ3v) is 18.3. The molecule has 0 aliphatic carbocycles. The zero-order valence-electron chi connectivity index (χ0n) is 52.5. The Labute approximate surface area is 542 Å². The molecule has 0 bridgehead atoms. The molecular weight excluding hydrogens is 1320 g/mol. The van der Waals surface area contributed by atoms with Crippen molar-refractivity contribution in [1.82, 2.24) is 29.7 Å². The molecule has 27 heteroatoms. The monoisotopic (exact) mass is 1390 g/mol. The summed E-state index contributed by atoms with van der Waals surface area (Å²) in [6, 6.07) is 19.8. The summed E-state index contributed by atoms with van der Waals surface area (Å²) in [6.45, 7) is 10.0. The summed E-state index contributed by atoms with van der Waals surface area (Å²) in [4.78, 5) is 26.5. The maximum Gasteiger partial charge on any atom is 0.232 e. The lowest BCUT2D eigenvalue weighted by atomic mass is 10.0. The van der Waals surface area contributed by atoms with Crippen LogP contribution in [0.25, 0.3) is 0 Å². The van der Waals surface area contributed by atoms with E-state index in [-0.39, 0.29) is 5.28 Å². The maximum atomic E-state index is 12.4. The minimum absolute atomic E-state index is 0.0663. The van der Waals surface area contributed by atoms with Gasteiger partial charge in [-0.1, -0.05) is 12.1 Å². The molecule has 88 heavy (non-hydrogen) atoms. The van der Waals surface area contributed by atoms with Gasteiger partial charge in [-0.3, -0.25) is 20.5 Å². The molecule has 0 radical (unpaired) electrons. The van der Waals surface area contributed by atoms with Gasteiger partial charge in [0, 0.05) is 88.3 Å². The summed E-state index contributed by atoms with van der Waals surface area (Å²) >= 11 is 12.6. The van der Waals surface area contributed by atoms with Crippen LogP contribution in [0.5, 0.6) is 23.0 Å². The number of ether oxygens (including phenoxy) is 4. The maximum absolute atomic E-state index is 12.4. The number of nitrogens with zero attached hydrogens (tertiary/aromatic N) is 10. The summed E-state index contributed by atoms with van der Waals surface area (Å²) in [5, 5.41) is 9.63. The number of hydrogen-bond acceptors (Lipinski definition) is 20. The summed E-state index contributed by atoms with van der Waals surface area (Å²) in [7, 11) is 10.8. The van der Waals surface area contributed by atoms with Gasteiger partial charge in [-0.15, -0.1) is 0 Å². The second-order valence-electron chi connectivity index (χ2n) is 20.9. The van der Waals surface area contributed by atoms with Gasteiger partial charge in [0.1, 0.15) is 46.0 Å². The van der Waals surface area contributed by atoms with Gasteiger partial charge in [0.2, 0.25) is 31.3 Å². The van der Waals surface area contributed by atoms with E-state index in [1.54, 1.807) is 63.7 Å². The standard InChI is InChI=1S/C28H38BrN7O4S.C15H25N3O.C13H14BrClN4O3S.C5H3/c1-18-15-22(25(40-6)16-23(18)36-13-11-19(12-14-36)34(2)3)32-28-30-17-20(29)27(33-28)31-21-9-8-10-24(39-5)26(21)35(4)41(7,37)38;1-11-9-13(16)15(19-4)10-14(11)18-7-5-12(6-8-18)17(2)3;1-19(23(3,20)21)11-9(5-4-6-10(11)22-2)17-12-8(14)7-16-13(15)18-12;1-3-5-4-2/h8-10,15-17,19H,11-14H2,1-7H3,(H2,30,31,32,33);9-10,12H,5-8,16H2,1-4H3;4-7H,1-3H3,(H,16,17,18);1H3/q;;;-1. The van der Waals surface area contributed by atoms with Crippen molar-refractivity contribution in [2.75, 3.05) is 150 Å². The minimum Gasteiger partial charge on any atom is -0.495 e. The number of nitrogen functional groups attached to an aromatic ring is 1. The van der Waals surface area contributed by atoms with Crippen LogP contribution in [0.1, 0.15) is 43.7 Å². The van der Waals surface area contributed by atoms with Gasteiger partial charge in [0.15, 0.2) is 0 Å². The molecule has 2 aliphatic rings. The lowest BCUT2D eigenvalue weighted by Gasteiger charge is -2.37. The zero-order chi connectivity index (χ0) is 65.2. The molecule has 476 valence electrons. The first-order chi connectivity index (χ1) is 41.6.